The van der Waals surface area contributed by atoms with Crippen molar-refractivity contribution in [3.05, 3.63) is 28.3 Å². The molecule has 1 N–H and O–H groups in total. The van der Waals surface area contributed by atoms with E-state index in [9.17, 15) is 10.1 Å². The highest BCUT2D eigenvalue weighted by Crippen LogP contribution is 2.24. The molecule has 0 unspecified atom stereocenters. The first-order chi connectivity index (χ1) is 9.77. The van der Waals surface area contributed by atoms with Gasteiger partial charge in [-0.05, 0) is 25.6 Å². The van der Waals surface area contributed by atoms with Crippen molar-refractivity contribution in [1.82, 2.24) is 9.88 Å². The number of hydrogen-bond acceptors (Lipinski definition) is 6. The van der Waals surface area contributed by atoms with Gasteiger partial charge in [-0.2, -0.15) is 4.98 Å². The molecule has 2 aromatic rings. The van der Waals surface area contributed by atoms with Crippen LogP contribution >= 0.6 is 0 Å². The van der Waals surface area contributed by atoms with Gasteiger partial charge in [0.25, 0.3) is 11.7 Å². The van der Waals surface area contributed by atoms with Gasteiger partial charge >= 0.3 is 0 Å². The molecule has 21 heavy (non-hydrogen) atoms. The second-order valence-corrected chi connectivity index (χ2v) is 6.18. The van der Waals surface area contributed by atoms with Crippen LogP contribution in [0.3, 0.4) is 0 Å². The largest absolute Gasteiger partial charge is 0.424 e. The monoisotopic (exact) mass is 292 g/mol. The fraction of sp³-hybridized carbons (Fsp3) is 0.500. The predicted octanol–water partition coefficient (Wildman–Crippen LogP) is 2.74. The van der Waals surface area contributed by atoms with Gasteiger partial charge in [-0.25, -0.2) is 0 Å². The Labute approximate surface area is 123 Å². The number of nitrogens with zero attached hydrogens (tertiary/aromatic N) is 3. The molecule has 2 rings (SSSR count). The summed E-state index contributed by atoms with van der Waals surface area (Å²) in [4.78, 5) is 16.7. The fourth-order valence-electron chi connectivity index (χ4n) is 2.33. The Kier molecular flexibility index (Phi) is 4.13. The van der Waals surface area contributed by atoms with Crippen molar-refractivity contribution < 1.29 is 9.34 Å². The molecule has 0 saturated heterocycles. The number of non-ortho nitro benzene ring substituents is 1. The number of aromatic nitrogens is 1. The number of nitrogens with one attached hydrogen (secondary N) is 1. The Morgan fingerprint density at radius 2 is 2.14 bits per heavy atom. The van der Waals surface area contributed by atoms with Crippen LogP contribution in [0.4, 0.5) is 11.7 Å². The number of nitro groups is 1. The summed E-state index contributed by atoms with van der Waals surface area (Å²) in [6.45, 7) is 5.91. The highest BCUT2D eigenvalue weighted by atomic mass is 16.6. The Bertz CT molecular complexity index is 649. The third kappa shape index (κ3) is 3.91. The minimum Gasteiger partial charge on any atom is -0.424 e. The minimum absolute atomic E-state index is 0.00953. The van der Waals surface area contributed by atoms with Gasteiger partial charge in [-0.15, -0.1) is 0 Å². The lowest BCUT2D eigenvalue weighted by Crippen LogP contribution is -2.34. The maximum Gasteiger partial charge on any atom is 0.295 e. The molecule has 0 spiro atoms. The molecule has 0 aliphatic rings. The first-order valence-corrected chi connectivity index (χ1v) is 6.70. The van der Waals surface area contributed by atoms with Crippen molar-refractivity contribution in [2.24, 2.45) is 5.41 Å². The summed E-state index contributed by atoms with van der Waals surface area (Å²) < 4.78 is 5.54. The molecule has 0 fully saturated rings. The van der Waals surface area contributed by atoms with Crippen LogP contribution in [0.1, 0.15) is 13.8 Å². The van der Waals surface area contributed by atoms with E-state index in [-0.39, 0.29) is 11.1 Å². The molecule has 7 nitrogen and oxygen atoms in total. The second-order valence-electron chi connectivity index (χ2n) is 6.18. The van der Waals surface area contributed by atoms with Crippen molar-refractivity contribution in [3.63, 3.8) is 0 Å². The number of benzene rings is 1. The predicted molar refractivity (Wildman–Crippen MR) is 81.5 cm³/mol. The molecule has 114 valence electrons. The number of fused-ring (bicyclic) bond motifs is 1. The Morgan fingerprint density at radius 1 is 1.43 bits per heavy atom. The summed E-state index contributed by atoms with van der Waals surface area (Å²) in [5.74, 6) is 0. The van der Waals surface area contributed by atoms with Crippen LogP contribution in [-0.2, 0) is 0 Å². The zero-order valence-electron chi connectivity index (χ0n) is 12.7. The number of rotatable bonds is 6. The summed E-state index contributed by atoms with van der Waals surface area (Å²) in [7, 11) is 4.06. The van der Waals surface area contributed by atoms with E-state index in [2.05, 4.69) is 29.0 Å². The van der Waals surface area contributed by atoms with Crippen molar-refractivity contribution in [2.75, 3.05) is 32.5 Å². The van der Waals surface area contributed by atoms with Crippen LogP contribution in [0.15, 0.2) is 22.6 Å². The Balaban J connectivity index is 2.11. The molecule has 0 aliphatic carbocycles. The molecule has 1 aromatic heterocycles. The number of hydrogen-bond donors (Lipinski definition) is 1. The van der Waals surface area contributed by atoms with E-state index in [1.807, 2.05) is 14.1 Å². The molecule has 7 heteroatoms. The van der Waals surface area contributed by atoms with Crippen molar-refractivity contribution in [3.8, 4) is 0 Å². The lowest BCUT2D eigenvalue weighted by molar-refractivity contribution is -0.384. The molecular weight excluding hydrogens is 272 g/mol. The lowest BCUT2D eigenvalue weighted by Gasteiger charge is -2.27. The van der Waals surface area contributed by atoms with Gasteiger partial charge in [0.2, 0.25) is 0 Å². The summed E-state index contributed by atoms with van der Waals surface area (Å²) in [6.07, 6.45) is 0. The summed E-state index contributed by atoms with van der Waals surface area (Å²) >= 11 is 0. The number of nitro benzene ring substituents is 1. The van der Waals surface area contributed by atoms with Gasteiger partial charge in [-0.1, -0.05) is 13.8 Å². The van der Waals surface area contributed by atoms with Gasteiger partial charge in [-0.3, -0.25) is 10.1 Å². The molecule has 1 aromatic carbocycles. The number of anilines is 1. The molecule has 0 amide bonds. The van der Waals surface area contributed by atoms with Crippen LogP contribution < -0.4 is 5.32 Å². The van der Waals surface area contributed by atoms with Crippen LogP contribution in [0, 0.1) is 15.5 Å². The Hall–Kier alpha value is -2.15. The molecular formula is C14H20N4O3. The quantitative estimate of drug-likeness (QED) is 0.651. The molecule has 1 heterocycles. The maximum atomic E-state index is 10.7. The highest BCUT2D eigenvalue weighted by molar-refractivity contribution is 5.77. The minimum atomic E-state index is -0.443. The standard InChI is InChI=1S/C14H20N4O3/c1-14(2,9-17(3)4)8-15-13-16-11-7-10(18(19)20)5-6-12(11)21-13/h5-7H,8-9H2,1-4H3,(H,15,16). The van der Waals surface area contributed by atoms with Crippen molar-refractivity contribution in [2.45, 2.75) is 13.8 Å². The summed E-state index contributed by atoms with van der Waals surface area (Å²) in [5, 5.41) is 13.9. The van der Waals surface area contributed by atoms with Gasteiger partial charge in [0.15, 0.2) is 5.58 Å². The maximum absolute atomic E-state index is 10.7. The molecule has 0 saturated carbocycles. The first-order valence-electron chi connectivity index (χ1n) is 6.70. The average molecular weight is 292 g/mol. The zero-order valence-corrected chi connectivity index (χ0v) is 12.7. The van der Waals surface area contributed by atoms with Gasteiger partial charge in [0, 0.05) is 25.2 Å². The number of oxazole rings is 1. The third-order valence-electron chi connectivity index (χ3n) is 3.04. The summed E-state index contributed by atoms with van der Waals surface area (Å²) in [6, 6.07) is 4.77. The van der Waals surface area contributed by atoms with E-state index in [0.29, 0.717) is 23.7 Å². The lowest BCUT2D eigenvalue weighted by atomic mass is 9.93. The van der Waals surface area contributed by atoms with E-state index in [1.54, 1.807) is 6.07 Å². The smallest absolute Gasteiger partial charge is 0.295 e. The first kappa shape index (κ1) is 15.2. The van der Waals surface area contributed by atoms with Crippen LogP contribution in [0.25, 0.3) is 11.1 Å². The van der Waals surface area contributed by atoms with Gasteiger partial charge in [0.05, 0.1) is 4.92 Å². The van der Waals surface area contributed by atoms with Crippen LogP contribution in [-0.4, -0.2) is 42.0 Å². The van der Waals surface area contributed by atoms with Crippen LogP contribution in [0.5, 0.6) is 0 Å². The van der Waals surface area contributed by atoms with Crippen molar-refractivity contribution in [1.29, 1.82) is 0 Å². The molecule has 0 bridgehead atoms. The fourth-order valence-corrected chi connectivity index (χ4v) is 2.33. The zero-order chi connectivity index (χ0) is 15.6. The Morgan fingerprint density at radius 3 is 2.76 bits per heavy atom. The topological polar surface area (TPSA) is 84.4 Å². The summed E-state index contributed by atoms with van der Waals surface area (Å²) in [5.41, 5.74) is 1.08. The van der Waals surface area contributed by atoms with Crippen molar-refractivity contribution >= 4 is 22.8 Å². The second kappa shape index (κ2) is 5.69. The van der Waals surface area contributed by atoms with Gasteiger partial charge in [0.1, 0.15) is 5.52 Å². The SMILES string of the molecule is CN(C)CC(C)(C)CNc1nc2cc([N+](=O)[O-])ccc2o1. The average Bonchev–Trinajstić information content (AvgIpc) is 2.76. The highest BCUT2D eigenvalue weighted by Gasteiger charge is 2.20. The van der Waals surface area contributed by atoms with E-state index in [4.69, 9.17) is 4.42 Å². The molecule has 0 radical (unpaired) electrons. The van der Waals surface area contributed by atoms with Crippen LogP contribution in [0.2, 0.25) is 0 Å². The van der Waals surface area contributed by atoms with E-state index in [1.165, 1.54) is 12.1 Å². The van der Waals surface area contributed by atoms with E-state index < -0.39 is 4.92 Å². The molecule has 0 aliphatic heterocycles. The molecule has 0 atom stereocenters. The van der Waals surface area contributed by atoms with E-state index in [0.717, 1.165) is 6.54 Å². The van der Waals surface area contributed by atoms with E-state index >= 15 is 0 Å². The van der Waals surface area contributed by atoms with Gasteiger partial charge < -0.3 is 14.6 Å². The third-order valence-corrected chi connectivity index (χ3v) is 3.04. The normalized spacial score (nSPS) is 12.0.